The van der Waals surface area contributed by atoms with E-state index in [2.05, 4.69) is 5.10 Å². The molecule has 1 heterocycles. The number of aromatic nitrogens is 2. The number of hydrogen-bond donors (Lipinski definition) is 0. The van der Waals surface area contributed by atoms with Gasteiger partial charge >= 0.3 is 0 Å². The monoisotopic (exact) mass is 284 g/mol. The van der Waals surface area contributed by atoms with Crippen LogP contribution in [0, 0.1) is 0 Å². The minimum absolute atomic E-state index is 0.241. The zero-order valence-corrected chi connectivity index (χ0v) is 12.3. The maximum atomic E-state index is 12.1. The maximum absolute atomic E-state index is 12.1. The lowest BCUT2D eigenvalue weighted by Gasteiger charge is -2.06. The van der Waals surface area contributed by atoms with Gasteiger partial charge in [0.2, 0.25) is 0 Å². The van der Waals surface area contributed by atoms with Crippen LogP contribution in [0.4, 0.5) is 0 Å². The summed E-state index contributed by atoms with van der Waals surface area (Å²) in [7, 11) is 1.66. The second kappa shape index (κ2) is 6.12. The van der Waals surface area contributed by atoms with Crippen LogP contribution in [0.2, 0.25) is 0 Å². The van der Waals surface area contributed by atoms with Crippen LogP contribution in [-0.2, 0) is 13.0 Å². The van der Waals surface area contributed by atoms with Crippen LogP contribution in [0.25, 0.3) is 0 Å². The average Bonchev–Trinajstić information content (AvgIpc) is 2.88. The largest absolute Gasteiger partial charge is 0.497 e. The van der Waals surface area contributed by atoms with Gasteiger partial charge in [0, 0.05) is 12.6 Å². The fourth-order valence-corrected chi connectivity index (χ4v) is 2.77. The van der Waals surface area contributed by atoms with E-state index in [9.17, 15) is 4.79 Å². The second-order valence-electron chi connectivity index (χ2n) is 5.52. The third-order valence-corrected chi connectivity index (χ3v) is 3.96. The lowest BCUT2D eigenvalue weighted by atomic mass is 9.98. The molecule has 1 aliphatic carbocycles. The summed E-state index contributed by atoms with van der Waals surface area (Å²) in [5.74, 6) is 1.09. The highest BCUT2D eigenvalue weighted by Gasteiger charge is 2.18. The van der Waals surface area contributed by atoms with Crippen molar-refractivity contribution < 1.29 is 9.53 Å². The molecule has 0 aliphatic heterocycles. The van der Waals surface area contributed by atoms with Crippen molar-refractivity contribution in [3.8, 4) is 5.75 Å². The van der Waals surface area contributed by atoms with Crippen LogP contribution in [-0.4, -0.2) is 22.7 Å². The van der Waals surface area contributed by atoms with E-state index in [1.165, 1.54) is 0 Å². The van der Waals surface area contributed by atoms with Crippen molar-refractivity contribution in [1.29, 1.82) is 0 Å². The van der Waals surface area contributed by atoms with Gasteiger partial charge in [-0.3, -0.25) is 9.48 Å². The number of ketones is 1. The van der Waals surface area contributed by atoms with Crippen LogP contribution in [0.1, 0.15) is 47.3 Å². The Morgan fingerprint density at radius 2 is 1.90 bits per heavy atom. The van der Waals surface area contributed by atoms with E-state index in [4.69, 9.17) is 4.74 Å². The number of hydrogen-bond acceptors (Lipinski definition) is 3. The summed E-state index contributed by atoms with van der Waals surface area (Å²) < 4.78 is 7.05. The fourth-order valence-electron chi connectivity index (χ4n) is 2.77. The van der Waals surface area contributed by atoms with Gasteiger partial charge < -0.3 is 4.74 Å². The molecule has 110 valence electrons. The van der Waals surface area contributed by atoms with Gasteiger partial charge in [-0.2, -0.15) is 5.10 Å². The molecule has 1 aromatic carbocycles. The number of rotatable bonds is 3. The number of fused-ring (bicyclic) bond motifs is 1. The van der Waals surface area contributed by atoms with Crippen molar-refractivity contribution >= 4 is 5.78 Å². The summed E-state index contributed by atoms with van der Waals surface area (Å²) in [5, 5.41) is 4.61. The molecule has 0 radical (unpaired) electrons. The zero-order chi connectivity index (χ0) is 14.7. The first-order valence-electron chi connectivity index (χ1n) is 7.49. The van der Waals surface area contributed by atoms with Gasteiger partial charge in [-0.15, -0.1) is 0 Å². The Kier molecular flexibility index (Phi) is 4.04. The second-order valence-corrected chi connectivity index (χ2v) is 5.52. The molecule has 1 aliphatic rings. The SMILES string of the molecule is COc1ccc(Cn2cc3c(n2)CCCCCC3=O)cc1. The number of carbonyl (C=O) groups is 1. The summed E-state index contributed by atoms with van der Waals surface area (Å²) in [4.78, 5) is 12.1. The van der Waals surface area contributed by atoms with Crippen LogP contribution in [0.5, 0.6) is 5.75 Å². The molecule has 3 rings (SSSR count). The highest BCUT2D eigenvalue weighted by molar-refractivity contribution is 5.97. The lowest BCUT2D eigenvalue weighted by molar-refractivity contribution is 0.0976. The summed E-state index contributed by atoms with van der Waals surface area (Å²) in [5.41, 5.74) is 2.94. The molecule has 0 spiro atoms. The van der Waals surface area contributed by atoms with Gasteiger partial charge in [0.15, 0.2) is 5.78 Å². The molecule has 1 aromatic heterocycles. The van der Waals surface area contributed by atoms with Gasteiger partial charge in [0.1, 0.15) is 5.75 Å². The third kappa shape index (κ3) is 3.15. The van der Waals surface area contributed by atoms with Crippen molar-refractivity contribution in [2.75, 3.05) is 7.11 Å². The Morgan fingerprint density at radius 3 is 2.67 bits per heavy atom. The first-order chi connectivity index (χ1) is 10.3. The highest BCUT2D eigenvalue weighted by atomic mass is 16.5. The molecule has 0 amide bonds. The molecule has 4 nitrogen and oxygen atoms in total. The van der Waals surface area contributed by atoms with E-state index in [1.54, 1.807) is 7.11 Å². The minimum atomic E-state index is 0.241. The molecule has 2 aromatic rings. The maximum Gasteiger partial charge on any atom is 0.166 e. The minimum Gasteiger partial charge on any atom is -0.497 e. The average molecular weight is 284 g/mol. The molecular weight excluding hydrogens is 264 g/mol. The smallest absolute Gasteiger partial charge is 0.166 e. The van der Waals surface area contributed by atoms with Crippen molar-refractivity contribution in [1.82, 2.24) is 9.78 Å². The molecule has 0 unspecified atom stereocenters. The number of benzene rings is 1. The number of carbonyl (C=O) groups excluding carboxylic acids is 1. The molecule has 0 saturated carbocycles. The Labute approximate surface area is 124 Å². The number of nitrogens with zero attached hydrogens (tertiary/aromatic N) is 2. The molecular formula is C17H20N2O2. The van der Waals surface area contributed by atoms with E-state index in [-0.39, 0.29) is 5.78 Å². The quantitative estimate of drug-likeness (QED) is 0.869. The molecule has 0 bridgehead atoms. The summed E-state index contributed by atoms with van der Waals surface area (Å²) >= 11 is 0. The first-order valence-corrected chi connectivity index (χ1v) is 7.49. The highest BCUT2D eigenvalue weighted by Crippen LogP contribution is 2.20. The van der Waals surface area contributed by atoms with Crippen LogP contribution >= 0.6 is 0 Å². The van der Waals surface area contributed by atoms with Crippen molar-refractivity contribution in [2.45, 2.75) is 38.6 Å². The predicted octanol–water partition coefficient (Wildman–Crippen LogP) is 3.24. The van der Waals surface area contributed by atoms with Crippen molar-refractivity contribution in [3.05, 3.63) is 47.3 Å². The van der Waals surface area contributed by atoms with Gasteiger partial charge in [0.25, 0.3) is 0 Å². The molecule has 0 atom stereocenters. The normalized spacial score (nSPS) is 15.2. The van der Waals surface area contributed by atoms with Gasteiger partial charge in [-0.1, -0.05) is 18.6 Å². The van der Waals surface area contributed by atoms with Gasteiger partial charge in [-0.05, 0) is 37.0 Å². The zero-order valence-electron chi connectivity index (χ0n) is 12.3. The number of ether oxygens (including phenoxy) is 1. The molecule has 0 saturated heterocycles. The Morgan fingerprint density at radius 1 is 1.14 bits per heavy atom. The van der Waals surface area contributed by atoms with Gasteiger partial charge in [0.05, 0.1) is 24.9 Å². The molecule has 21 heavy (non-hydrogen) atoms. The molecule has 0 N–H and O–H groups in total. The Bertz CT molecular complexity index is 629. The molecule has 4 heteroatoms. The van der Waals surface area contributed by atoms with E-state index in [0.29, 0.717) is 13.0 Å². The van der Waals surface area contributed by atoms with Gasteiger partial charge in [-0.25, -0.2) is 0 Å². The first kappa shape index (κ1) is 13.9. The van der Waals surface area contributed by atoms with Crippen molar-refractivity contribution in [3.63, 3.8) is 0 Å². The lowest BCUT2D eigenvalue weighted by Crippen LogP contribution is -2.05. The number of methoxy groups -OCH3 is 1. The van der Waals surface area contributed by atoms with Crippen LogP contribution in [0.15, 0.2) is 30.5 Å². The number of aryl methyl sites for hydroxylation is 1. The summed E-state index contributed by atoms with van der Waals surface area (Å²) in [6.07, 6.45) is 6.73. The topological polar surface area (TPSA) is 44.1 Å². The third-order valence-electron chi connectivity index (χ3n) is 3.96. The van der Waals surface area contributed by atoms with E-state index in [0.717, 1.165) is 48.3 Å². The predicted molar refractivity (Wildman–Crippen MR) is 80.8 cm³/mol. The number of Topliss-reactive ketones (excluding diaryl/α,β-unsaturated/α-hetero) is 1. The van der Waals surface area contributed by atoms with Crippen LogP contribution in [0.3, 0.4) is 0 Å². The summed E-state index contributed by atoms with van der Waals surface area (Å²) in [6.45, 7) is 0.685. The van der Waals surface area contributed by atoms with Crippen LogP contribution < -0.4 is 4.74 Å². The standard InChI is InChI=1S/C17H20N2O2/c1-21-14-9-7-13(8-10-14)11-19-12-15-16(18-19)5-3-2-4-6-17(15)20/h7-10,12H,2-6,11H2,1H3. The van der Waals surface area contributed by atoms with E-state index >= 15 is 0 Å². The van der Waals surface area contributed by atoms with E-state index in [1.807, 2.05) is 35.1 Å². The van der Waals surface area contributed by atoms with E-state index < -0.39 is 0 Å². The Balaban J connectivity index is 1.81. The van der Waals surface area contributed by atoms with Crippen molar-refractivity contribution in [2.24, 2.45) is 0 Å². The summed E-state index contributed by atoms with van der Waals surface area (Å²) in [6, 6.07) is 7.94. The molecule has 0 fully saturated rings. The Hall–Kier alpha value is -2.10. The fraction of sp³-hybridized carbons (Fsp3) is 0.412.